The molecule has 0 fully saturated rings. The first kappa shape index (κ1) is 29.2. The lowest BCUT2D eigenvalue weighted by Gasteiger charge is -2.15. The van der Waals surface area contributed by atoms with E-state index in [-0.39, 0.29) is 11.9 Å². The van der Waals surface area contributed by atoms with Gasteiger partial charge in [-0.1, -0.05) is 55.3 Å². The minimum Gasteiger partial charge on any atom is -0.479 e. The summed E-state index contributed by atoms with van der Waals surface area (Å²) in [4.78, 5) is 24.4. The van der Waals surface area contributed by atoms with Crippen molar-refractivity contribution >= 4 is 34.4 Å². The molecule has 1 heterocycles. The molecule has 0 aliphatic rings. The molecule has 0 saturated heterocycles. The van der Waals surface area contributed by atoms with Crippen molar-refractivity contribution in [1.29, 1.82) is 0 Å². The fourth-order valence-electron chi connectivity index (χ4n) is 4.97. The highest BCUT2D eigenvalue weighted by atomic mass is 35.5. The first-order valence-electron chi connectivity index (χ1n) is 13.7. The molecule has 0 bridgehead atoms. The molecule has 210 valence electrons. The van der Waals surface area contributed by atoms with Crippen LogP contribution in [0.3, 0.4) is 0 Å². The number of aromatic nitrogens is 1. The molecule has 0 unspecified atom stereocenters. The number of rotatable bonds is 11. The van der Waals surface area contributed by atoms with Crippen molar-refractivity contribution in [3.63, 3.8) is 0 Å². The van der Waals surface area contributed by atoms with Crippen LogP contribution in [0.1, 0.15) is 78.0 Å². The van der Waals surface area contributed by atoms with E-state index in [9.17, 15) is 14.7 Å². The van der Waals surface area contributed by atoms with Crippen LogP contribution in [0.25, 0.3) is 10.9 Å². The van der Waals surface area contributed by atoms with Crippen LogP contribution in [0, 0.1) is 6.92 Å². The predicted octanol–water partition coefficient (Wildman–Crippen LogP) is 7.42. The Kier molecular flexibility index (Phi) is 9.21. The van der Waals surface area contributed by atoms with Crippen LogP contribution in [0.4, 0.5) is 0 Å². The number of aliphatic carboxylic acids is 1. The molecule has 0 spiro atoms. The normalized spacial score (nSPS) is 12.8. The zero-order valence-electron chi connectivity index (χ0n) is 23.8. The molecule has 0 saturated carbocycles. The third-order valence-electron chi connectivity index (χ3n) is 7.51. The molecule has 4 rings (SSSR count). The maximum absolute atomic E-state index is 13.2. The van der Waals surface area contributed by atoms with E-state index in [1.54, 1.807) is 6.07 Å². The van der Waals surface area contributed by atoms with Gasteiger partial charge in [0.15, 0.2) is 6.10 Å². The number of benzene rings is 3. The number of amides is 1. The van der Waals surface area contributed by atoms with Gasteiger partial charge >= 0.3 is 5.97 Å². The quantitative estimate of drug-likeness (QED) is 0.200. The Labute approximate surface area is 240 Å². The number of nitrogens with zero attached hydrogens (tertiary/aromatic N) is 1. The van der Waals surface area contributed by atoms with Crippen LogP contribution < -0.4 is 10.1 Å². The lowest BCUT2D eigenvalue weighted by atomic mass is 10.0. The molecule has 1 amide bonds. The summed E-state index contributed by atoms with van der Waals surface area (Å²) in [7, 11) is 1.99. The fourth-order valence-corrected chi connectivity index (χ4v) is 5.22. The Morgan fingerprint density at radius 2 is 1.75 bits per heavy atom. The van der Waals surface area contributed by atoms with Crippen LogP contribution in [0.5, 0.6) is 5.75 Å². The number of fused-ring (bicyclic) bond motifs is 1. The van der Waals surface area contributed by atoms with Crippen molar-refractivity contribution in [3.05, 3.63) is 99.2 Å². The maximum Gasteiger partial charge on any atom is 0.344 e. The van der Waals surface area contributed by atoms with Crippen LogP contribution in [0.15, 0.2) is 60.7 Å². The van der Waals surface area contributed by atoms with E-state index in [1.165, 1.54) is 25.3 Å². The van der Waals surface area contributed by atoms with E-state index in [1.807, 2.05) is 44.3 Å². The number of carbonyl (C=O) groups excluding carboxylic acids is 1. The van der Waals surface area contributed by atoms with E-state index in [2.05, 4.69) is 48.0 Å². The number of carbonyl (C=O) groups is 2. The first-order chi connectivity index (χ1) is 19.1. The van der Waals surface area contributed by atoms with Crippen molar-refractivity contribution in [2.75, 3.05) is 0 Å². The number of nitrogens with one attached hydrogen (secondary N) is 1. The fraction of sp³-hybridized carbons (Fsp3) is 0.333. The first-order valence-corrected chi connectivity index (χ1v) is 14.1. The molecule has 6 nitrogen and oxygen atoms in total. The highest BCUT2D eigenvalue weighted by molar-refractivity contribution is 6.30. The molecular weight excluding hydrogens is 524 g/mol. The van der Waals surface area contributed by atoms with E-state index < -0.39 is 12.1 Å². The molecule has 40 heavy (non-hydrogen) atoms. The van der Waals surface area contributed by atoms with E-state index in [0.29, 0.717) is 22.8 Å². The number of halogens is 1. The Bertz CT molecular complexity index is 1520. The Hall–Kier alpha value is -3.77. The standard InChI is InChI=1S/C33H37ClN2O4/c1-6-7-8-23-9-11-25(12-10-23)20(2)35-32(37)26-13-14-29-30(21(3)36(5)31(29)18-26)17-24-15-27(34)19-28(16-24)40-22(4)33(38)39/h9-16,18-20,22H,6-8,17H2,1-5H3,(H,35,37)(H,38,39)/t20-,22-/m0/s1. The summed E-state index contributed by atoms with van der Waals surface area (Å²) in [6, 6.07) is 19.5. The number of aryl methyl sites for hydroxylation is 2. The second-order valence-electron chi connectivity index (χ2n) is 10.5. The lowest BCUT2D eigenvalue weighted by Crippen LogP contribution is -2.26. The van der Waals surface area contributed by atoms with Gasteiger partial charge in [0.25, 0.3) is 5.91 Å². The van der Waals surface area contributed by atoms with Gasteiger partial charge in [0.05, 0.1) is 6.04 Å². The van der Waals surface area contributed by atoms with Gasteiger partial charge in [0, 0.05) is 40.7 Å². The van der Waals surface area contributed by atoms with Crippen LogP contribution in [-0.4, -0.2) is 27.7 Å². The monoisotopic (exact) mass is 560 g/mol. The summed E-state index contributed by atoms with van der Waals surface area (Å²) < 4.78 is 7.64. The molecule has 2 atom stereocenters. The molecule has 0 radical (unpaired) electrons. The molecule has 0 aliphatic heterocycles. The number of hydrogen-bond donors (Lipinski definition) is 2. The summed E-state index contributed by atoms with van der Waals surface area (Å²) >= 11 is 6.33. The number of carboxylic acid groups (broad SMARTS) is 1. The zero-order valence-corrected chi connectivity index (χ0v) is 24.5. The van der Waals surface area contributed by atoms with Gasteiger partial charge in [-0.15, -0.1) is 0 Å². The van der Waals surface area contributed by atoms with Crippen LogP contribution in [-0.2, 0) is 24.7 Å². The minimum absolute atomic E-state index is 0.114. The summed E-state index contributed by atoms with van der Waals surface area (Å²) in [6.07, 6.45) is 3.02. The van der Waals surface area contributed by atoms with Crippen molar-refractivity contribution in [1.82, 2.24) is 9.88 Å². The van der Waals surface area contributed by atoms with Crippen LogP contribution in [0.2, 0.25) is 5.02 Å². The van der Waals surface area contributed by atoms with Crippen molar-refractivity contribution in [2.24, 2.45) is 7.05 Å². The second kappa shape index (κ2) is 12.6. The minimum atomic E-state index is -1.04. The molecule has 1 aromatic heterocycles. The number of carboxylic acids is 1. The zero-order chi connectivity index (χ0) is 29.0. The van der Waals surface area contributed by atoms with E-state index >= 15 is 0 Å². The predicted molar refractivity (Wildman–Crippen MR) is 161 cm³/mol. The average Bonchev–Trinajstić information content (AvgIpc) is 3.15. The Morgan fingerprint density at radius 3 is 2.42 bits per heavy atom. The van der Waals surface area contributed by atoms with Gasteiger partial charge < -0.3 is 19.7 Å². The van der Waals surface area contributed by atoms with Crippen molar-refractivity contribution in [3.8, 4) is 5.75 Å². The summed E-state index contributed by atoms with van der Waals surface area (Å²) in [5.41, 5.74) is 7.06. The molecule has 2 N–H and O–H groups in total. The number of hydrogen-bond acceptors (Lipinski definition) is 3. The topological polar surface area (TPSA) is 80.6 Å². The average molecular weight is 561 g/mol. The van der Waals surface area contributed by atoms with Gasteiger partial charge in [-0.3, -0.25) is 4.79 Å². The summed E-state index contributed by atoms with van der Waals surface area (Å²) in [5.74, 6) is -0.742. The van der Waals surface area contributed by atoms with Gasteiger partial charge in [0.2, 0.25) is 0 Å². The highest BCUT2D eigenvalue weighted by Gasteiger charge is 2.18. The lowest BCUT2D eigenvalue weighted by molar-refractivity contribution is -0.144. The largest absolute Gasteiger partial charge is 0.479 e. The molecule has 0 aliphatic carbocycles. The summed E-state index contributed by atoms with van der Waals surface area (Å²) in [6.45, 7) is 7.73. The van der Waals surface area contributed by atoms with Gasteiger partial charge in [-0.05, 0) is 86.2 Å². The van der Waals surface area contributed by atoms with E-state index in [0.717, 1.165) is 39.7 Å². The third kappa shape index (κ3) is 6.68. The third-order valence-corrected chi connectivity index (χ3v) is 7.72. The van der Waals surface area contributed by atoms with E-state index in [4.69, 9.17) is 16.3 Å². The molecule has 3 aromatic carbocycles. The van der Waals surface area contributed by atoms with Crippen LogP contribution >= 0.6 is 11.6 Å². The summed E-state index contributed by atoms with van der Waals surface area (Å²) in [5, 5.41) is 13.9. The number of unbranched alkanes of at least 4 members (excludes halogenated alkanes) is 1. The smallest absolute Gasteiger partial charge is 0.344 e. The van der Waals surface area contributed by atoms with Crippen molar-refractivity contribution < 1.29 is 19.4 Å². The SMILES string of the molecule is CCCCc1ccc([C@H](C)NC(=O)c2ccc3c(Cc4cc(Cl)cc(O[C@@H](C)C(=O)O)c4)c(C)n(C)c3c2)cc1. The molecular formula is C33H37ClN2O4. The second-order valence-corrected chi connectivity index (χ2v) is 10.9. The molecule has 7 heteroatoms. The van der Waals surface area contributed by atoms with Crippen molar-refractivity contribution in [2.45, 2.75) is 65.5 Å². The number of ether oxygens (including phenoxy) is 1. The maximum atomic E-state index is 13.2. The van der Waals surface area contributed by atoms with Gasteiger partial charge in [-0.2, -0.15) is 0 Å². The van der Waals surface area contributed by atoms with Gasteiger partial charge in [-0.25, -0.2) is 4.79 Å². The highest BCUT2D eigenvalue weighted by Crippen LogP contribution is 2.31. The molecule has 4 aromatic rings. The Morgan fingerprint density at radius 1 is 1.02 bits per heavy atom. The Balaban J connectivity index is 1.53. The van der Waals surface area contributed by atoms with Gasteiger partial charge in [0.1, 0.15) is 5.75 Å².